The quantitative estimate of drug-likeness (QED) is 0.722. The molecule has 0 aliphatic carbocycles. The zero-order valence-electron chi connectivity index (χ0n) is 19.1. The number of carbonyl (C=O) groups is 1. The van der Waals surface area contributed by atoms with E-state index in [0.717, 1.165) is 25.0 Å². The Bertz CT molecular complexity index is 1130. The maximum Gasteiger partial charge on any atom is 0.416 e. The van der Waals surface area contributed by atoms with E-state index in [2.05, 4.69) is 20.6 Å². The summed E-state index contributed by atoms with van der Waals surface area (Å²) in [5.74, 6) is 0.0773. The van der Waals surface area contributed by atoms with Gasteiger partial charge in [0, 0.05) is 31.5 Å². The standard InChI is InChI=1S/C23H28F3N5O2/c1-21(2)12-27-16(11-28-21)20(32)30-18(22(3)8-5-9-33-13-22)19-29-15-10-14(23(24,25)26)6-7-17(15)31(19)4/h6-7,10-12,18,28H,5,8-9,13H2,1-4H3,(H,30,32)/t18-,22-/m1/s1. The Hall–Kier alpha value is -2.88. The van der Waals surface area contributed by atoms with E-state index < -0.39 is 29.1 Å². The molecule has 1 saturated heterocycles. The van der Waals surface area contributed by atoms with Gasteiger partial charge in [0.1, 0.15) is 11.5 Å². The normalized spacial score (nSPS) is 23.7. The Morgan fingerprint density at radius 2 is 2.06 bits per heavy atom. The summed E-state index contributed by atoms with van der Waals surface area (Å²) in [5, 5.41) is 6.16. The van der Waals surface area contributed by atoms with Crippen molar-refractivity contribution in [1.29, 1.82) is 0 Å². The fourth-order valence-electron chi connectivity index (χ4n) is 4.28. The molecule has 0 bridgehead atoms. The van der Waals surface area contributed by atoms with Crippen LogP contribution in [0, 0.1) is 5.41 Å². The maximum atomic E-state index is 13.2. The van der Waals surface area contributed by atoms with Crippen LogP contribution in [0.15, 0.2) is 35.1 Å². The smallest absolute Gasteiger partial charge is 0.381 e. The number of imidazole rings is 1. The van der Waals surface area contributed by atoms with Crippen LogP contribution < -0.4 is 10.6 Å². The fraction of sp³-hybridized carbons (Fsp3) is 0.522. The molecule has 1 aromatic carbocycles. The Kier molecular flexibility index (Phi) is 5.76. The molecule has 3 heterocycles. The molecule has 1 amide bonds. The van der Waals surface area contributed by atoms with Crippen LogP contribution in [0.3, 0.4) is 0 Å². The van der Waals surface area contributed by atoms with Crippen molar-refractivity contribution in [3.05, 3.63) is 41.5 Å². The molecular weight excluding hydrogens is 435 g/mol. The summed E-state index contributed by atoms with van der Waals surface area (Å²) in [4.78, 5) is 22.0. The van der Waals surface area contributed by atoms with Gasteiger partial charge in [0.25, 0.3) is 5.91 Å². The first-order chi connectivity index (χ1) is 15.4. The largest absolute Gasteiger partial charge is 0.416 e. The summed E-state index contributed by atoms with van der Waals surface area (Å²) in [5.41, 5.74) is -0.627. The summed E-state index contributed by atoms with van der Waals surface area (Å²) in [6, 6.07) is 2.90. The lowest BCUT2D eigenvalue weighted by atomic mass is 9.77. The van der Waals surface area contributed by atoms with E-state index in [4.69, 9.17) is 4.74 Å². The predicted octanol–water partition coefficient (Wildman–Crippen LogP) is 3.86. The molecule has 2 aliphatic rings. The zero-order chi connectivity index (χ0) is 24.0. The molecule has 0 unspecified atom stereocenters. The highest BCUT2D eigenvalue weighted by atomic mass is 19.4. The maximum absolute atomic E-state index is 13.2. The van der Waals surface area contributed by atoms with E-state index in [-0.39, 0.29) is 16.8 Å². The van der Waals surface area contributed by atoms with E-state index in [1.807, 2.05) is 20.8 Å². The number of ether oxygens (including phenoxy) is 1. The summed E-state index contributed by atoms with van der Waals surface area (Å²) < 4.78 is 47.2. The Balaban J connectivity index is 1.73. The Morgan fingerprint density at radius 1 is 1.30 bits per heavy atom. The average molecular weight is 464 g/mol. The fourth-order valence-corrected chi connectivity index (χ4v) is 4.28. The zero-order valence-corrected chi connectivity index (χ0v) is 19.1. The number of halogens is 3. The van der Waals surface area contributed by atoms with E-state index in [1.165, 1.54) is 6.07 Å². The minimum Gasteiger partial charge on any atom is -0.381 e. The summed E-state index contributed by atoms with van der Waals surface area (Å²) in [6.45, 7) is 6.88. The van der Waals surface area contributed by atoms with E-state index in [0.29, 0.717) is 24.6 Å². The Morgan fingerprint density at radius 3 is 2.67 bits per heavy atom. The molecule has 0 radical (unpaired) electrons. The number of amides is 1. The van der Waals surface area contributed by atoms with Crippen LogP contribution in [0.2, 0.25) is 0 Å². The molecule has 1 fully saturated rings. The molecule has 2 atom stereocenters. The Labute approximate surface area is 190 Å². The number of nitrogens with zero attached hydrogens (tertiary/aromatic N) is 3. The molecule has 4 rings (SSSR count). The third kappa shape index (κ3) is 4.62. The van der Waals surface area contributed by atoms with Gasteiger partial charge < -0.3 is 19.9 Å². The van der Waals surface area contributed by atoms with Gasteiger partial charge in [-0.05, 0) is 44.9 Å². The lowest BCUT2D eigenvalue weighted by Gasteiger charge is -2.40. The number of carbonyl (C=O) groups excluding carboxylic acids is 1. The molecular formula is C23H28F3N5O2. The van der Waals surface area contributed by atoms with Crippen molar-refractivity contribution >= 4 is 23.2 Å². The summed E-state index contributed by atoms with van der Waals surface area (Å²) >= 11 is 0. The minimum atomic E-state index is -4.46. The first kappa shape index (κ1) is 23.3. The van der Waals surface area contributed by atoms with E-state index >= 15 is 0 Å². The van der Waals surface area contributed by atoms with Gasteiger partial charge in [-0.15, -0.1) is 0 Å². The predicted molar refractivity (Wildman–Crippen MR) is 119 cm³/mol. The van der Waals surface area contributed by atoms with Crippen molar-refractivity contribution < 1.29 is 22.7 Å². The highest BCUT2D eigenvalue weighted by molar-refractivity contribution is 5.96. The highest BCUT2D eigenvalue weighted by Gasteiger charge is 2.41. The second-order valence-electron chi connectivity index (χ2n) is 9.60. The molecule has 1 aromatic heterocycles. The first-order valence-corrected chi connectivity index (χ1v) is 10.8. The van der Waals surface area contributed by atoms with Gasteiger partial charge in [-0.3, -0.25) is 9.79 Å². The van der Waals surface area contributed by atoms with Crippen LogP contribution in [0.5, 0.6) is 0 Å². The molecule has 33 heavy (non-hydrogen) atoms. The van der Waals surface area contributed by atoms with Crippen LogP contribution >= 0.6 is 0 Å². The van der Waals surface area contributed by atoms with Crippen LogP contribution in [-0.2, 0) is 22.8 Å². The van der Waals surface area contributed by atoms with Crippen molar-refractivity contribution in [3.63, 3.8) is 0 Å². The van der Waals surface area contributed by atoms with Crippen molar-refractivity contribution in [2.75, 3.05) is 13.2 Å². The summed E-state index contributed by atoms with van der Waals surface area (Å²) in [6.07, 6.45) is 0.339. The number of benzene rings is 1. The van der Waals surface area contributed by atoms with Gasteiger partial charge in [0.2, 0.25) is 0 Å². The van der Waals surface area contributed by atoms with Crippen molar-refractivity contribution in [2.45, 2.75) is 51.4 Å². The van der Waals surface area contributed by atoms with Crippen molar-refractivity contribution in [1.82, 2.24) is 20.2 Å². The van der Waals surface area contributed by atoms with E-state index in [1.54, 1.807) is 24.0 Å². The van der Waals surface area contributed by atoms with Gasteiger partial charge in [0.05, 0.1) is 34.8 Å². The second-order valence-corrected chi connectivity index (χ2v) is 9.60. The molecule has 2 aliphatic heterocycles. The molecule has 2 N–H and O–H groups in total. The number of aryl methyl sites for hydroxylation is 1. The van der Waals surface area contributed by atoms with E-state index in [9.17, 15) is 18.0 Å². The number of alkyl halides is 3. The van der Waals surface area contributed by atoms with Gasteiger partial charge in [0.15, 0.2) is 0 Å². The number of fused-ring (bicyclic) bond motifs is 1. The third-order valence-corrected chi connectivity index (χ3v) is 6.28. The van der Waals surface area contributed by atoms with Gasteiger partial charge in [-0.25, -0.2) is 4.98 Å². The SMILES string of the molecule is Cn1c([C@@H](NC(=O)C2=CNC(C)(C)C=N2)[C@]2(C)CCCOC2)nc2cc(C(F)(F)F)ccc21. The number of aliphatic imine (C=N–C) groups is 1. The number of hydrogen-bond acceptors (Lipinski definition) is 5. The van der Waals surface area contributed by atoms with Crippen LogP contribution in [0.25, 0.3) is 11.0 Å². The van der Waals surface area contributed by atoms with Gasteiger partial charge in [-0.2, -0.15) is 13.2 Å². The minimum absolute atomic E-state index is 0.220. The van der Waals surface area contributed by atoms with Gasteiger partial charge in [-0.1, -0.05) is 6.92 Å². The van der Waals surface area contributed by atoms with Crippen molar-refractivity contribution in [2.24, 2.45) is 17.5 Å². The average Bonchev–Trinajstić information content (AvgIpc) is 3.07. The molecule has 7 nitrogen and oxygen atoms in total. The highest BCUT2D eigenvalue weighted by Crippen LogP contribution is 2.41. The van der Waals surface area contributed by atoms with Crippen LogP contribution in [0.4, 0.5) is 13.2 Å². The van der Waals surface area contributed by atoms with Crippen molar-refractivity contribution in [3.8, 4) is 0 Å². The van der Waals surface area contributed by atoms with Gasteiger partial charge >= 0.3 is 6.18 Å². The number of rotatable bonds is 4. The lowest BCUT2D eigenvalue weighted by molar-refractivity contribution is -0.137. The lowest BCUT2D eigenvalue weighted by Crippen LogP contribution is -2.46. The second kappa shape index (κ2) is 8.16. The first-order valence-electron chi connectivity index (χ1n) is 10.8. The molecule has 0 saturated carbocycles. The molecule has 2 aromatic rings. The number of hydrogen-bond donors (Lipinski definition) is 2. The van der Waals surface area contributed by atoms with Crippen LogP contribution in [0.1, 0.15) is 51.0 Å². The molecule has 10 heteroatoms. The molecule has 0 spiro atoms. The monoisotopic (exact) mass is 463 g/mol. The van der Waals surface area contributed by atoms with Crippen LogP contribution in [-0.4, -0.2) is 40.4 Å². The third-order valence-electron chi connectivity index (χ3n) is 6.28. The number of aromatic nitrogens is 2. The number of nitrogens with one attached hydrogen (secondary N) is 2. The summed E-state index contributed by atoms with van der Waals surface area (Å²) in [7, 11) is 1.74. The molecule has 178 valence electrons. The topological polar surface area (TPSA) is 80.5 Å².